The molecule has 0 N–H and O–H groups in total. The number of rotatable bonds is 6. The van der Waals surface area contributed by atoms with Crippen molar-refractivity contribution >= 4 is 48.5 Å². The molecule has 4 aromatic heterocycles. The van der Waals surface area contributed by atoms with Crippen molar-refractivity contribution in [1.82, 2.24) is 15.0 Å². The van der Waals surface area contributed by atoms with E-state index in [0.717, 1.165) is 62.3 Å². The molecule has 46 heavy (non-hydrogen) atoms. The van der Waals surface area contributed by atoms with Gasteiger partial charge in [-0.2, -0.15) is 0 Å². The predicted molar refractivity (Wildman–Crippen MR) is 196 cm³/mol. The Bertz CT molecular complexity index is 1940. The summed E-state index contributed by atoms with van der Waals surface area (Å²) in [6, 6.07) is 27.2. The van der Waals surface area contributed by atoms with Crippen molar-refractivity contribution in [2.75, 3.05) is 0 Å². The number of pyridine rings is 3. The molecule has 241 valence electrons. The summed E-state index contributed by atoms with van der Waals surface area (Å²) in [5, 5.41) is 5.02. The molecule has 0 unspecified atom stereocenters. The van der Waals surface area contributed by atoms with Crippen molar-refractivity contribution in [3.8, 4) is 22.5 Å². The number of aromatic nitrogens is 3. The molecule has 0 atom stereocenters. The van der Waals surface area contributed by atoms with E-state index in [1.165, 1.54) is 15.9 Å². The zero-order chi connectivity index (χ0) is 32.5. The van der Waals surface area contributed by atoms with Crippen molar-refractivity contribution in [2.24, 2.45) is 5.92 Å². The van der Waals surface area contributed by atoms with Gasteiger partial charge < -0.3 is 14.4 Å². The van der Waals surface area contributed by atoms with Crippen LogP contribution in [0.3, 0.4) is 0 Å². The van der Waals surface area contributed by atoms with Crippen LogP contribution in [0.5, 0.6) is 0 Å². The van der Waals surface area contributed by atoms with Crippen molar-refractivity contribution in [2.45, 2.75) is 73.4 Å². The second kappa shape index (κ2) is 14.3. The molecule has 4 nitrogen and oxygen atoms in total. The average molecular weight is 820 g/mol. The summed E-state index contributed by atoms with van der Waals surface area (Å²) < 4.78 is 6.06. The summed E-state index contributed by atoms with van der Waals surface area (Å²) in [5.74, 6) is 0.613. The Morgan fingerprint density at radius 3 is 2.13 bits per heavy atom. The minimum atomic E-state index is -1.45. The number of aryl methyl sites for hydroxylation is 2. The van der Waals surface area contributed by atoms with Gasteiger partial charge in [0.25, 0.3) is 0 Å². The molecular formula is C39H45IrN3OSi2-2. The van der Waals surface area contributed by atoms with Gasteiger partial charge in [0, 0.05) is 55.3 Å². The molecule has 0 bridgehead atoms. The van der Waals surface area contributed by atoms with E-state index < -0.39 is 16.1 Å². The maximum Gasteiger partial charge on any atom is 0.124 e. The number of fused-ring (bicyclic) bond motifs is 3. The maximum atomic E-state index is 6.06. The van der Waals surface area contributed by atoms with Gasteiger partial charge in [0.15, 0.2) is 0 Å². The smallest absolute Gasteiger partial charge is 0.124 e. The standard InChI is InChI=1S/C25H29N2OSi.C14H16NSi.Ir/c1-15(2)10-19-13-21(26-14-24(19)29(5,6)7)18-8-9-22-20(12-18)25-17(4)27-16(3)11-23(25)28-22;1-16(2,3)13-9-10-14(15-11-13)12-7-5-4-6-8-12;/h9,11-15H,10H2,1-7H3;4-7,9-11H,1-3H3;/q2*-1;. The molecule has 6 rings (SSSR count). The topological polar surface area (TPSA) is 51.8 Å². The zero-order valence-electron chi connectivity index (χ0n) is 28.8. The zero-order valence-corrected chi connectivity index (χ0v) is 33.2. The van der Waals surface area contributed by atoms with Gasteiger partial charge in [0.2, 0.25) is 0 Å². The fourth-order valence-electron chi connectivity index (χ4n) is 5.70. The molecule has 0 amide bonds. The second-order valence-electron chi connectivity index (χ2n) is 14.5. The molecule has 0 saturated heterocycles. The van der Waals surface area contributed by atoms with Gasteiger partial charge in [-0.1, -0.05) is 82.3 Å². The van der Waals surface area contributed by atoms with Crippen LogP contribution < -0.4 is 10.4 Å². The van der Waals surface area contributed by atoms with E-state index in [1.807, 2.05) is 56.4 Å². The summed E-state index contributed by atoms with van der Waals surface area (Å²) in [6.45, 7) is 22.8. The van der Waals surface area contributed by atoms with Gasteiger partial charge in [-0.05, 0) is 47.9 Å². The first-order valence-corrected chi connectivity index (χ1v) is 22.9. The average Bonchev–Trinajstić information content (AvgIpc) is 3.34. The van der Waals surface area contributed by atoms with Crippen molar-refractivity contribution < 1.29 is 24.5 Å². The Morgan fingerprint density at radius 2 is 1.52 bits per heavy atom. The van der Waals surface area contributed by atoms with Gasteiger partial charge in [-0.3, -0.25) is 4.98 Å². The quantitative estimate of drug-likeness (QED) is 0.124. The van der Waals surface area contributed by atoms with Crippen LogP contribution in [0.4, 0.5) is 0 Å². The van der Waals surface area contributed by atoms with E-state index in [4.69, 9.17) is 9.40 Å². The minimum Gasteiger partial charge on any atom is -0.500 e. The molecule has 7 heteroatoms. The SMILES string of the molecule is C[Si](C)(C)c1ccc(-c2[c-]cccc2)nc1.Cc1cc2oc3c[c-]c(-c4cc(CC(C)C)c([Si](C)(C)C)cn4)cc3c2c(C)n1.[Ir]. The van der Waals surface area contributed by atoms with Crippen LogP contribution in [-0.2, 0) is 26.5 Å². The first-order chi connectivity index (χ1) is 21.2. The first kappa shape index (κ1) is 35.6. The summed E-state index contributed by atoms with van der Waals surface area (Å²) in [7, 11) is -2.68. The van der Waals surface area contributed by atoms with Gasteiger partial charge in [0.1, 0.15) is 5.58 Å². The number of furan rings is 1. The Hall–Kier alpha value is -3.23. The predicted octanol–water partition coefficient (Wildman–Crippen LogP) is 9.30. The second-order valence-corrected chi connectivity index (χ2v) is 24.6. The Balaban J connectivity index is 0.000000240. The third-order valence-electron chi connectivity index (χ3n) is 8.01. The third-order valence-corrected chi connectivity index (χ3v) is 12.1. The Labute approximate surface area is 290 Å². The van der Waals surface area contributed by atoms with Crippen LogP contribution in [0.15, 0.2) is 77.5 Å². The van der Waals surface area contributed by atoms with Crippen LogP contribution in [0.2, 0.25) is 39.3 Å². The van der Waals surface area contributed by atoms with E-state index in [9.17, 15) is 0 Å². The molecule has 4 heterocycles. The summed E-state index contributed by atoms with van der Waals surface area (Å²) in [5.41, 5.74) is 9.19. The molecule has 1 radical (unpaired) electrons. The van der Waals surface area contributed by atoms with Gasteiger partial charge in [0.05, 0.1) is 21.7 Å². The molecule has 0 aliphatic heterocycles. The maximum absolute atomic E-state index is 6.06. The van der Waals surface area contributed by atoms with Crippen molar-refractivity contribution in [1.29, 1.82) is 0 Å². The van der Waals surface area contributed by atoms with E-state index in [-0.39, 0.29) is 20.1 Å². The number of benzene rings is 2. The van der Waals surface area contributed by atoms with E-state index in [0.29, 0.717) is 5.92 Å². The van der Waals surface area contributed by atoms with Crippen LogP contribution in [0.25, 0.3) is 44.5 Å². The Morgan fingerprint density at radius 1 is 0.783 bits per heavy atom. The van der Waals surface area contributed by atoms with Crippen LogP contribution in [-0.4, -0.2) is 31.1 Å². The normalized spacial score (nSPS) is 11.8. The number of nitrogens with zero attached hydrogens (tertiary/aromatic N) is 3. The van der Waals surface area contributed by atoms with E-state index in [2.05, 4.69) is 106 Å². The van der Waals surface area contributed by atoms with Crippen molar-refractivity contribution in [3.05, 3.63) is 102 Å². The van der Waals surface area contributed by atoms with Gasteiger partial charge >= 0.3 is 0 Å². The van der Waals surface area contributed by atoms with Crippen LogP contribution in [0.1, 0.15) is 30.8 Å². The Kier molecular flexibility index (Phi) is 11.0. The fraction of sp³-hybridized carbons (Fsp3) is 0.308. The molecule has 6 aromatic rings. The monoisotopic (exact) mass is 820 g/mol. The van der Waals surface area contributed by atoms with Crippen LogP contribution in [0, 0.1) is 31.9 Å². The summed E-state index contributed by atoms with van der Waals surface area (Å²) in [6.07, 6.45) is 5.21. The molecule has 2 aromatic carbocycles. The van der Waals surface area contributed by atoms with Crippen LogP contribution >= 0.6 is 0 Å². The number of hydrogen-bond donors (Lipinski definition) is 0. The largest absolute Gasteiger partial charge is 0.500 e. The molecule has 0 spiro atoms. The summed E-state index contributed by atoms with van der Waals surface area (Å²) in [4.78, 5) is 14.0. The summed E-state index contributed by atoms with van der Waals surface area (Å²) >= 11 is 0. The molecular weight excluding hydrogens is 775 g/mol. The first-order valence-electron chi connectivity index (χ1n) is 15.9. The van der Waals surface area contributed by atoms with Gasteiger partial charge in [-0.15, -0.1) is 59.7 Å². The fourth-order valence-corrected chi connectivity index (χ4v) is 8.33. The third kappa shape index (κ3) is 8.18. The van der Waals surface area contributed by atoms with E-state index in [1.54, 1.807) is 0 Å². The van der Waals surface area contributed by atoms with Crippen molar-refractivity contribution in [3.63, 3.8) is 0 Å². The van der Waals surface area contributed by atoms with E-state index >= 15 is 0 Å². The minimum absolute atomic E-state index is 0. The number of hydrogen-bond acceptors (Lipinski definition) is 4. The molecule has 0 aliphatic rings. The molecule has 0 fully saturated rings. The molecule has 0 aliphatic carbocycles. The van der Waals surface area contributed by atoms with Gasteiger partial charge in [-0.25, -0.2) is 0 Å². The molecule has 0 saturated carbocycles.